The number of alkyl halides is 1. The number of hydrogen-bond donors (Lipinski definition) is 3. The first-order valence-electron chi connectivity index (χ1n) is 16.0. The van der Waals surface area contributed by atoms with Crippen molar-refractivity contribution in [1.29, 1.82) is 0 Å². The third-order valence-corrected chi connectivity index (χ3v) is 10.1. The van der Waals surface area contributed by atoms with Crippen LogP contribution in [-0.4, -0.2) is 72.8 Å². The van der Waals surface area contributed by atoms with Crippen LogP contribution in [0, 0.1) is 23.7 Å². The number of hydrogen-bond acceptors (Lipinski definition) is 6. The number of likely N-dealkylation sites (tertiary alicyclic amines) is 1. The second-order valence-corrected chi connectivity index (χ2v) is 12.9. The van der Waals surface area contributed by atoms with Crippen molar-refractivity contribution in [3.8, 4) is 0 Å². The first-order valence-corrected chi connectivity index (χ1v) is 16.0. The van der Waals surface area contributed by atoms with E-state index in [1.807, 2.05) is 30.0 Å². The molecule has 2 heterocycles. The van der Waals surface area contributed by atoms with Crippen molar-refractivity contribution < 1.29 is 28.2 Å². The van der Waals surface area contributed by atoms with E-state index in [0.717, 1.165) is 43.0 Å². The Morgan fingerprint density at radius 1 is 1.07 bits per heavy atom. The Kier molecular flexibility index (Phi) is 10.4. The molecule has 1 aromatic heterocycles. The smallest absolute Gasteiger partial charge is 0.354 e. The number of carbonyl (C=O) groups excluding carboxylic acids is 3. The van der Waals surface area contributed by atoms with E-state index in [1.165, 1.54) is 19.3 Å². The van der Waals surface area contributed by atoms with E-state index in [-0.39, 0.29) is 42.3 Å². The van der Waals surface area contributed by atoms with Gasteiger partial charge in [0, 0.05) is 42.2 Å². The number of H-pyrrole nitrogens is 1. The normalized spacial score (nSPS) is 26.3. The average molecular weight is 599 g/mol. The summed E-state index contributed by atoms with van der Waals surface area (Å²) in [5.41, 5.74) is 7.66. The minimum Gasteiger partial charge on any atom is -0.458 e. The third-order valence-electron chi connectivity index (χ3n) is 10.1. The second-order valence-electron chi connectivity index (χ2n) is 12.9. The number of fused-ring (bicyclic) bond motifs is 1. The van der Waals surface area contributed by atoms with E-state index < -0.39 is 24.7 Å². The highest BCUT2D eigenvalue weighted by molar-refractivity contribution is 6.01. The van der Waals surface area contributed by atoms with Gasteiger partial charge in [-0.05, 0) is 81.0 Å². The van der Waals surface area contributed by atoms with Crippen LogP contribution in [0.1, 0.15) is 81.6 Å². The predicted molar refractivity (Wildman–Crippen MR) is 163 cm³/mol. The topological polar surface area (TPSA) is 127 Å². The van der Waals surface area contributed by atoms with Gasteiger partial charge in [0.2, 0.25) is 11.8 Å². The lowest BCUT2D eigenvalue weighted by Gasteiger charge is -2.36. The van der Waals surface area contributed by atoms with Crippen LogP contribution in [0.5, 0.6) is 0 Å². The first kappa shape index (κ1) is 31.4. The Hall–Kier alpha value is -2.98. The molecule has 0 spiro atoms. The molecule has 3 aliphatic rings. The van der Waals surface area contributed by atoms with Crippen molar-refractivity contribution in [1.82, 2.24) is 9.88 Å². The van der Waals surface area contributed by atoms with Crippen LogP contribution in [-0.2, 0) is 19.1 Å². The zero-order valence-corrected chi connectivity index (χ0v) is 25.5. The molecular formula is C33H47FN4O5. The van der Waals surface area contributed by atoms with Gasteiger partial charge in [-0.1, -0.05) is 32.1 Å². The number of esters is 1. The van der Waals surface area contributed by atoms with Crippen molar-refractivity contribution in [2.45, 2.75) is 89.3 Å². The summed E-state index contributed by atoms with van der Waals surface area (Å²) in [5, 5.41) is 3.89. The van der Waals surface area contributed by atoms with Crippen molar-refractivity contribution in [3.63, 3.8) is 0 Å². The molecule has 9 nitrogen and oxygen atoms in total. The summed E-state index contributed by atoms with van der Waals surface area (Å²) < 4.78 is 23.6. The Morgan fingerprint density at radius 3 is 2.51 bits per heavy atom. The van der Waals surface area contributed by atoms with Crippen LogP contribution in [0.3, 0.4) is 0 Å². The SMILES string of the molecule is CO[C@H](C)COC(=O)c1cc2cc(NC(=O)[C@@H]3[C@H](C4CCCCC4)CCN3C(=O)[C@H]3CC[C@H]([C@H](N)CF)CC3)ccc2[nH]1. The van der Waals surface area contributed by atoms with E-state index in [0.29, 0.717) is 36.7 Å². The molecule has 0 unspecified atom stereocenters. The monoisotopic (exact) mass is 598 g/mol. The summed E-state index contributed by atoms with van der Waals surface area (Å²) in [7, 11) is 1.56. The summed E-state index contributed by atoms with van der Waals surface area (Å²) in [6.07, 6.45) is 9.26. The summed E-state index contributed by atoms with van der Waals surface area (Å²) in [5.74, 6) is -0.0437. The molecule has 236 valence electrons. The quantitative estimate of drug-likeness (QED) is 0.323. The van der Waals surface area contributed by atoms with Crippen LogP contribution >= 0.6 is 0 Å². The molecule has 4 N–H and O–H groups in total. The molecule has 2 saturated carbocycles. The Balaban J connectivity index is 1.30. The fraction of sp³-hybridized carbons (Fsp3) is 0.667. The Morgan fingerprint density at radius 2 is 1.81 bits per heavy atom. The lowest BCUT2D eigenvalue weighted by molar-refractivity contribution is -0.142. The molecule has 5 rings (SSSR count). The zero-order valence-electron chi connectivity index (χ0n) is 25.5. The van der Waals surface area contributed by atoms with Crippen LogP contribution in [0.4, 0.5) is 10.1 Å². The van der Waals surface area contributed by atoms with Crippen LogP contribution < -0.4 is 11.1 Å². The van der Waals surface area contributed by atoms with Crippen LogP contribution in [0.25, 0.3) is 10.9 Å². The summed E-state index contributed by atoms with van der Waals surface area (Å²) in [6.45, 7) is 2.03. The summed E-state index contributed by atoms with van der Waals surface area (Å²) in [4.78, 5) is 45.3. The number of aromatic amines is 1. The van der Waals surface area contributed by atoms with E-state index in [9.17, 15) is 18.8 Å². The molecule has 2 aromatic rings. The molecule has 2 aliphatic carbocycles. The molecule has 3 fully saturated rings. The van der Waals surface area contributed by atoms with Gasteiger partial charge in [0.25, 0.3) is 0 Å². The number of benzene rings is 1. The zero-order chi connectivity index (χ0) is 30.5. The highest BCUT2D eigenvalue weighted by Crippen LogP contribution is 2.41. The Labute approximate surface area is 253 Å². The standard InChI is InChI=1S/C33H47FN4O5/c1-20(42-2)19-43-33(41)29-17-24-16-25(12-13-28(24)37-29)36-31(39)30-26(21-6-4-3-5-7-21)14-15-38(30)32(40)23-10-8-22(9-11-23)27(35)18-34/h12-13,16-17,20-23,26-27,30,37H,3-11,14-15,18-19,35H2,1-2H3,(H,36,39)/t20-,22-,23-,26+,27-,30+/m1/s1. The predicted octanol–water partition coefficient (Wildman–Crippen LogP) is 5.20. The molecule has 1 aliphatic heterocycles. The number of amides is 2. The average Bonchev–Trinajstić information content (AvgIpc) is 3.68. The lowest BCUT2D eigenvalue weighted by Crippen LogP contribution is -2.50. The van der Waals surface area contributed by atoms with Gasteiger partial charge in [0.1, 0.15) is 25.0 Å². The number of ether oxygens (including phenoxy) is 2. The maximum absolute atomic E-state index is 14.0. The van der Waals surface area contributed by atoms with Crippen molar-refractivity contribution in [2.75, 3.05) is 32.3 Å². The maximum atomic E-state index is 14.0. The molecule has 1 aromatic carbocycles. The number of anilines is 1. The molecule has 1 saturated heterocycles. The number of nitrogens with zero attached hydrogens (tertiary/aromatic N) is 1. The number of halogens is 1. The summed E-state index contributed by atoms with van der Waals surface area (Å²) >= 11 is 0. The highest BCUT2D eigenvalue weighted by atomic mass is 19.1. The molecular weight excluding hydrogens is 551 g/mol. The number of rotatable bonds is 10. The van der Waals surface area contributed by atoms with Crippen molar-refractivity contribution in [3.05, 3.63) is 30.0 Å². The van der Waals surface area contributed by atoms with Gasteiger partial charge >= 0.3 is 5.97 Å². The number of nitrogens with two attached hydrogens (primary N) is 1. The highest BCUT2D eigenvalue weighted by Gasteiger charge is 2.47. The number of methoxy groups -OCH3 is 1. The second kappa shape index (κ2) is 14.2. The Bertz CT molecular complexity index is 1270. The third kappa shape index (κ3) is 7.23. The van der Waals surface area contributed by atoms with E-state index in [2.05, 4.69) is 10.3 Å². The van der Waals surface area contributed by atoms with Gasteiger partial charge in [0.15, 0.2) is 0 Å². The largest absolute Gasteiger partial charge is 0.458 e. The summed E-state index contributed by atoms with van der Waals surface area (Å²) in [6, 6.07) is 6.21. The fourth-order valence-electron chi connectivity index (χ4n) is 7.49. The van der Waals surface area contributed by atoms with Gasteiger partial charge in [-0.2, -0.15) is 0 Å². The van der Waals surface area contributed by atoms with Crippen LogP contribution in [0.2, 0.25) is 0 Å². The van der Waals surface area contributed by atoms with E-state index in [1.54, 1.807) is 13.2 Å². The van der Waals surface area contributed by atoms with E-state index >= 15 is 0 Å². The van der Waals surface area contributed by atoms with Gasteiger partial charge in [-0.15, -0.1) is 0 Å². The molecule has 0 bridgehead atoms. The minimum atomic E-state index is -0.533. The molecule has 10 heteroatoms. The van der Waals surface area contributed by atoms with E-state index in [4.69, 9.17) is 15.2 Å². The molecule has 43 heavy (non-hydrogen) atoms. The van der Waals surface area contributed by atoms with Crippen molar-refractivity contribution >= 4 is 34.4 Å². The minimum absolute atomic E-state index is 0.0535. The van der Waals surface area contributed by atoms with Gasteiger partial charge in [-0.3, -0.25) is 9.59 Å². The molecule has 2 amide bonds. The molecule has 4 atom stereocenters. The first-order chi connectivity index (χ1) is 20.8. The molecule has 0 radical (unpaired) electrons. The van der Waals surface area contributed by atoms with Crippen molar-refractivity contribution in [2.24, 2.45) is 29.4 Å². The maximum Gasteiger partial charge on any atom is 0.354 e. The van der Waals surface area contributed by atoms with Gasteiger partial charge < -0.3 is 30.4 Å². The van der Waals surface area contributed by atoms with Gasteiger partial charge in [-0.25, -0.2) is 9.18 Å². The number of carbonyl (C=O) groups is 3. The number of nitrogens with one attached hydrogen (secondary N) is 2. The van der Waals surface area contributed by atoms with Gasteiger partial charge in [0.05, 0.1) is 6.10 Å². The lowest BCUT2D eigenvalue weighted by atomic mass is 9.76. The number of aromatic nitrogens is 1. The van der Waals surface area contributed by atoms with Crippen LogP contribution in [0.15, 0.2) is 24.3 Å². The fourth-order valence-corrected chi connectivity index (χ4v) is 7.49.